The summed E-state index contributed by atoms with van der Waals surface area (Å²) in [4.78, 5) is 34.4. The van der Waals surface area contributed by atoms with E-state index in [4.69, 9.17) is 0 Å². The van der Waals surface area contributed by atoms with E-state index in [9.17, 15) is 19.7 Å². The second-order valence-corrected chi connectivity index (χ2v) is 6.55. The Morgan fingerprint density at radius 1 is 1.13 bits per heavy atom. The molecule has 154 valence electrons. The van der Waals surface area contributed by atoms with Gasteiger partial charge in [0.1, 0.15) is 0 Å². The summed E-state index contributed by atoms with van der Waals surface area (Å²) in [5.74, 6) is -0.485. The molecule has 0 unspecified atom stereocenters. The largest absolute Gasteiger partial charge is 0.321 e. The summed E-state index contributed by atoms with van der Waals surface area (Å²) in [6.45, 7) is 1.65. The summed E-state index contributed by atoms with van der Waals surface area (Å²) in [6, 6.07) is 15.8. The molecule has 0 spiro atoms. The van der Waals surface area contributed by atoms with Crippen LogP contribution in [0, 0.1) is 17.0 Å². The number of anilines is 1. The molecule has 2 N–H and O–H groups in total. The average Bonchev–Trinajstić information content (AvgIpc) is 3.16. The van der Waals surface area contributed by atoms with Crippen molar-refractivity contribution in [3.63, 3.8) is 0 Å². The van der Waals surface area contributed by atoms with Crippen LogP contribution in [0.25, 0.3) is 16.9 Å². The molecule has 2 aromatic carbocycles. The molecule has 2 heterocycles. The predicted molar refractivity (Wildman–Crippen MR) is 111 cm³/mol. The molecule has 0 aliphatic carbocycles. The highest BCUT2D eigenvalue weighted by Gasteiger charge is 2.19. The average molecular weight is 417 g/mol. The fraction of sp³-hybridized carbons (Fsp3) is 0.0500. The van der Waals surface area contributed by atoms with E-state index in [0.717, 1.165) is 0 Å². The Hall–Kier alpha value is -4.67. The lowest BCUT2D eigenvalue weighted by Crippen LogP contribution is -2.14. The Balaban J connectivity index is 1.58. The smallest absolute Gasteiger partial charge is 0.278 e. The van der Waals surface area contributed by atoms with Crippen molar-refractivity contribution >= 4 is 17.3 Å². The van der Waals surface area contributed by atoms with Gasteiger partial charge >= 0.3 is 0 Å². The van der Waals surface area contributed by atoms with E-state index in [1.54, 1.807) is 43.3 Å². The minimum absolute atomic E-state index is 0.0825. The summed E-state index contributed by atoms with van der Waals surface area (Å²) < 4.78 is 1.36. The predicted octanol–water partition coefficient (Wildman–Crippen LogP) is 2.49. The van der Waals surface area contributed by atoms with Crippen LogP contribution < -0.4 is 10.9 Å². The standard InChI is InChI=1S/C20H15N7O4/c1-12-19(24-25-26(12)15-6-3-7-16(11-15)27(30)31)20(29)21-14-5-2-4-13(10-14)17-8-9-18(28)23-22-17/h2-11H,1H3,(H,21,29)(H,23,28). The fourth-order valence-electron chi connectivity index (χ4n) is 2.97. The minimum atomic E-state index is -0.506. The topological polar surface area (TPSA) is 149 Å². The van der Waals surface area contributed by atoms with Crippen LogP contribution >= 0.6 is 0 Å². The number of H-pyrrole nitrogens is 1. The lowest BCUT2D eigenvalue weighted by molar-refractivity contribution is -0.384. The number of nitro groups is 1. The number of nitro benzene ring substituents is 1. The molecule has 0 bridgehead atoms. The molecule has 4 aromatic rings. The molecule has 0 fully saturated rings. The third kappa shape index (κ3) is 4.05. The van der Waals surface area contributed by atoms with Crippen molar-refractivity contribution < 1.29 is 9.72 Å². The number of carbonyl (C=O) groups is 1. The van der Waals surface area contributed by atoms with Gasteiger partial charge in [0.25, 0.3) is 17.2 Å². The van der Waals surface area contributed by atoms with Gasteiger partial charge in [-0.3, -0.25) is 19.7 Å². The lowest BCUT2D eigenvalue weighted by Gasteiger charge is -2.07. The minimum Gasteiger partial charge on any atom is -0.321 e. The summed E-state index contributed by atoms with van der Waals surface area (Å²) in [7, 11) is 0. The van der Waals surface area contributed by atoms with Gasteiger partial charge < -0.3 is 5.32 Å². The second-order valence-electron chi connectivity index (χ2n) is 6.55. The molecule has 31 heavy (non-hydrogen) atoms. The van der Waals surface area contributed by atoms with E-state index in [1.807, 2.05) is 0 Å². The monoisotopic (exact) mass is 417 g/mol. The molecule has 0 saturated carbocycles. The molecule has 1 amide bonds. The number of aromatic amines is 1. The van der Waals surface area contributed by atoms with E-state index in [1.165, 1.54) is 28.9 Å². The number of hydrogen-bond donors (Lipinski definition) is 2. The van der Waals surface area contributed by atoms with Crippen LogP contribution in [0.3, 0.4) is 0 Å². The Kier molecular flexibility index (Phi) is 5.06. The molecule has 4 rings (SSSR count). The normalized spacial score (nSPS) is 10.6. The zero-order valence-corrected chi connectivity index (χ0v) is 16.1. The van der Waals surface area contributed by atoms with Crippen molar-refractivity contribution in [2.45, 2.75) is 6.92 Å². The van der Waals surface area contributed by atoms with Crippen LogP contribution in [0.2, 0.25) is 0 Å². The summed E-state index contributed by atoms with van der Waals surface area (Å²) in [5, 5.41) is 28.0. The number of rotatable bonds is 5. The highest BCUT2D eigenvalue weighted by atomic mass is 16.6. The van der Waals surface area contributed by atoms with Gasteiger partial charge in [-0.2, -0.15) is 5.10 Å². The molecule has 0 aliphatic heterocycles. The zero-order chi connectivity index (χ0) is 22.0. The summed E-state index contributed by atoms with van der Waals surface area (Å²) in [6.07, 6.45) is 0. The van der Waals surface area contributed by atoms with Gasteiger partial charge in [-0.1, -0.05) is 23.4 Å². The van der Waals surface area contributed by atoms with Crippen LogP contribution in [0.4, 0.5) is 11.4 Å². The first-order chi connectivity index (χ1) is 14.9. The maximum Gasteiger partial charge on any atom is 0.278 e. The highest BCUT2D eigenvalue weighted by Crippen LogP contribution is 2.21. The van der Waals surface area contributed by atoms with E-state index < -0.39 is 10.8 Å². The maximum atomic E-state index is 12.7. The van der Waals surface area contributed by atoms with Gasteiger partial charge in [0.05, 0.1) is 22.0 Å². The van der Waals surface area contributed by atoms with Gasteiger partial charge in [-0.05, 0) is 31.2 Å². The SMILES string of the molecule is Cc1c(C(=O)Nc2cccc(-c3ccc(=O)[nH]n3)c2)nnn1-c1cccc([N+](=O)[O-])c1. The van der Waals surface area contributed by atoms with Gasteiger partial charge in [0.15, 0.2) is 5.69 Å². The number of benzene rings is 2. The van der Waals surface area contributed by atoms with Crippen molar-refractivity contribution in [1.82, 2.24) is 25.2 Å². The van der Waals surface area contributed by atoms with Gasteiger partial charge in [0.2, 0.25) is 0 Å². The van der Waals surface area contributed by atoms with E-state index in [0.29, 0.717) is 28.3 Å². The Morgan fingerprint density at radius 3 is 2.68 bits per heavy atom. The van der Waals surface area contributed by atoms with Crippen LogP contribution in [0.5, 0.6) is 0 Å². The lowest BCUT2D eigenvalue weighted by atomic mass is 10.1. The highest BCUT2D eigenvalue weighted by molar-refractivity contribution is 6.03. The first-order valence-corrected chi connectivity index (χ1v) is 9.07. The molecule has 11 heteroatoms. The fourth-order valence-corrected chi connectivity index (χ4v) is 2.97. The molecular weight excluding hydrogens is 402 g/mol. The Bertz CT molecular complexity index is 1340. The van der Waals surface area contributed by atoms with Crippen molar-refractivity contribution in [2.75, 3.05) is 5.32 Å². The maximum absolute atomic E-state index is 12.7. The molecule has 0 aliphatic rings. The number of amides is 1. The first-order valence-electron chi connectivity index (χ1n) is 9.07. The third-order valence-electron chi connectivity index (χ3n) is 4.49. The number of nitrogens with zero attached hydrogens (tertiary/aromatic N) is 5. The second kappa shape index (κ2) is 7.99. The molecule has 0 atom stereocenters. The number of non-ortho nitro benzene ring substituents is 1. The van der Waals surface area contributed by atoms with Crippen LogP contribution in [0.15, 0.2) is 65.5 Å². The van der Waals surface area contributed by atoms with E-state index in [-0.39, 0.29) is 16.9 Å². The quantitative estimate of drug-likeness (QED) is 0.374. The van der Waals surface area contributed by atoms with Crippen LogP contribution in [-0.4, -0.2) is 36.0 Å². The van der Waals surface area contributed by atoms with Crippen molar-refractivity contribution in [3.05, 3.63) is 92.5 Å². The number of carbonyl (C=O) groups excluding carboxylic acids is 1. The Labute approximate surface area is 174 Å². The van der Waals surface area contributed by atoms with Crippen LogP contribution in [0.1, 0.15) is 16.2 Å². The van der Waals surface area contributed by atoms with Crippen molar-refractivity contribution in [3.8, 4) is 16.9 Å². The Morgan fingerprint density at radius 2 is 1.94 bits per heavy atom. The zero-order valence-electron chi connectivity index (χ0n) is 16.1. The molecule has 0 radical (unpaired) electrons. The van der Waals surface area contributed by atoms with Gasteiger partial charge in [0, 0.05) is 29.4 Å². The first kappa shape index (κ1) is 19.6. The molecule has 11 nitrogen and oxygen atoms in total. The van der Waals surface area contributed by atoms with Crippen LogP contribution in [-0.2, 0) is 0 Å². The molecule has 0 saturated heterocycles. The van der Waals surface area contributed by atoms with Crippen molar-refractivity contribution in [2.24, 2.45) is 0 Å². The molecule has 2 aromatic heterocycles. The number of hydrogen-bond acceptors (Lipinski definition) is 7. The van der Waals surface area contributed by atoms with Gasteiger partial charge in [-0.15, -0.1) is 5.10 Å². The number of aromatic nitrogens is 5. The third-order valence-corrected chi connectivity index (χ3v) is 4.49. The number of nitrogens with one attached hydrogen (secondary N) is 2. The molecular formula is C20H15N7O4. The summed E-state index contributed by atoms with van der Waals surface area (Å²) >= 11 is 0. The van der Waals surface area contributed by atoms with Gasteiger partial charge in [-0.25, -0.2) is 9.78 Å². The van der Waals surface area contributed by atoms with Crippen molar-refractivity contribution in [1.29, 1.82) is 0 Å². The van der Waals surface area contributed by atoms with E-state index >= 15 is 0 Å². The van der Waals surface area contributed by atoms with E-state index in [2.05, 4.69) is 25.8 Å². The summed E-state index contributed by atoms with van der Waals surface area (Å²) in [5.41, 5.74) is 2.27.